The fraction of sp³-hybridized carbons (Fsp3) is 0.455. The molecule has 0 N–H and O–H groups in total. The highest BCUT2D eigenvalue weighted by Gasteiger charge is 2.26. The van der Waals surface area contributed by atoms with Crippen LogP contribution in [-0.2, 0) is 16.9 Å². The number of nitrogens with zero attached hydrogens (tertiary/aromatic N) is 7. The molecule has 5 rings (SSSR count). The van der Waals surface area contributed by atoms with Gasteiger partial charge in [-0.2, -0.15) is 4.98 Å². The number of anilines is 2. The van der Waals surface area contributed by atoms with Crippen molar-refractivity contribution >= 4 is 45.7 Å². The van der Waals surface area contributed by atoms with E-state index in [1.54, 1.807) is 18.1 Å². The lowest BCUT2D eigenvalue weighted by atomic mass is 10.2. The zero-order chi connectivity index (χ0) is 21.9. The Kier molecular flexibility index (Phi) is 6.63. The highest BCUT2D eigenvalue weighted by Crippen LogP contribution is 2.32. The van der Waals surface area contributed by atoms with Crippen molar-refractivity contribution in [2.45, 2.75) is 10.8 Å². The third-order valence-corrected chi connectivity index (χ3v) is 8.23. The molecule has 2 aromatic heterocycles. The maximum absolute atomic E-state index is 11.9. The van der Waals surface area contributed by atoms with Crippen molar-refractivity contribution in [2.75, 3.05) is 67.6 Å². The summed E-state index contributed by atoms with van der Waals surface area (Å²) in [6.07, 6.45) is 1.61. The summed E-state index contributed by atoms with van der Waals surface area (Å²) in [5, 5.41) is 0.874. The van der Waals surface area contributed by atoms with Crippen LogP contribution in [0.5, 0.6) is 0 Å². The van der Waals surface area contributed by atoms with Gasteiger partial charge in [0.25, 0.3) is 0 Å². The van der Waals surface area contributed by atoms with Crippen LogP contribution in [0.2, 0.25) is 0 Å². The van der Waals surface area contributed by atoms with Crippen LogP contribution in [0.1, 0.15) is 5.56 Å². The Bertz CT molecular complexity index is 1050. The van der Waals surface area contributed by atoms with E-state index >= 15 is 0 Å². The summed E-state index contributed by atoms with van der Waals surface area (Å²) >= 11 is 0.931. The van der Waals surface area contributed by atoms with Gasteiger partial charge >= 0.3 is 0 Å². The lowest BCUT2D eigenvalue weighted by Gasteiger charge is -2.34. The van der Waals surface area contributed by atoms with Crippen molar-refractivity contribution in [3.63, 3.8) is 0 Å². The molecule has 2 aliphatic heterocycles. The van der Waals surface area contributed by atoms with Crippen molar-refractivity contribution in [1.29, 1.82) is 0 Å². The summed E-state index contributed by atoms with van der Waals surface area (Å²) in [7, 11) is 2.14. The number of fused-ring (bicyclic) bond motifs is 1. The monoisotopic (exact) mass is 469 g/mol. The summed E-state index contributed by atoms with van der Waals surface area (Å²) in [6.45, 7) is 5.20. The molecular weight excluding hydrogens is 442 g/mol. The van der Waals surface area contributed by atoms with E-state index in [1.807, 2.05) is 6.07 Å². The van der Waals surface area contributed by atoms with Gasteiger partial charge in [0.1, 0.15) is 33.9 Å². The average molecular weight is 470 g/mol. The largest absolute Gasteiger partial charge is 0.616 e. The standard InChI is InChI=1S/C22H27N7OS2/c1-27-7-9-29(10-8-27)22-25-19-18(20(26-22)28-11-13-32(30)14-12-28)23-16-24-21(19)31-15-17-5-3-2-4-6-17/h2-6,16H,7-15H2,1H3. The molecule has 2 saturated heterocycles. The van der Waals surface area contributed by atoms with E-state index in [-0.39, 0.29) is 0 Å². The fourth-order valence-electron chi connectivity index (χ4n) is 3.95. The molecule has 168 valence electrons. The van der Waals surface area contributed by atoms with Gasteiger partial charge < -0.3 is 19.3 Å². The molecule has 0 spiro atoms. The van der Waals surface area contributed by atoms with Crippen LogP contribution in [-0.4, -0.2) is 87.2 Å². The molecule has 0 amide bonds. The molecular formula is C22H27N7OS2. The maximum atomic E-state index is 11.9. The van der Waals surface area contributed by atoms with Crippen LogP contribution in [0.15, 0.2) is 41.7 Å². The number of likely N-dealkylation sites (N-methyl/N-ethyl adjacent to an activating group) is 1. The highest BCUT2D eigenvalue weighted by molar-refractivity contribution is 7.98. The van der Waals surface area contributed by atoms with Crippen LogP contribution in [0.3, 0.4) is 0 Å². The van der Waals surface area contributed by atoms with Gasteiger partial charge in [-0.25, -0.2) is 15.0 Å². The van der Waals surface area contributed by atoms with E-state index in [1.165, 1.54) is 5.56 Å². The van der Waals surface area contributed by atoms with E-state index in [2.05, 4.69) is 56.0 Å². The lowest BCUT2D eigenvalue weighted by molar-refractivity contribution is 0.311. The molecule has 32 heavy (non-hydrogen) atoms. The molecule has 0 atom stereocenters. The molecule has 10 heteroatoms. The minimum absolute atomic E-state index is 0.663. The first kappa shape index (κ1) is 21.7. The molecule has 1 aromatic carbocycles. The average Bonchev–Trinajstić information content (AvgIpc) is 2.84. The highest BCUT2D eigenvalue weighted by atomic mass is 32.2. The van der Waals surface area contributed by atoms with Crippen molar-refractivity contribution in [1.82, 2.24) is 24.8 Å². The molecule has 3 aromatic rings. The van der Waals surface area contributed by atoms with Crippen LogP contribution < -0.4 is 9.80 Å². The number of benzene rings is 1. The van der Waals surface area contributed by atoms with E-state index in [0.717, 1.165) is 72.8 Å². The Labute approximate surface area is 195 Å². The van der Waals surface area contributed by atoms with Gasteiger partial charge in [-0.15, -0.1) is 0 Å². The lowest BCUT2D eigenvalue weighted by Crippen LogP contribution is -2.45. The molecule has 8 nitrogen and oxygen atoms in total. The third-order valence-electron chi connectivity index (χ3n) is 5.90. The molecule has 2 aliphatic rings. The number of rotatable bonds is 5. The van der Waals surface area contributed by atoms with Crippen molar-refractivity contribution in [3.05, 3.63) is 42.2 Å². The summed E-state index contributed by atoms with van der Waals surface area (Å²) in [4.78, 5) is 25.9. The van der Waals surface area contributed by atoms with Crippen molar-refractivity contribution < 1.29 is 4.55 Å². The molecule has 0 saturated carbocycles. The summed E-state index contributed by atoms with van der Waals surface area (Å²) in [6, 6.07) is 10.4. The van der Waals surface area contributed by atoms with E-state index in [4.69, 9.17) is 9.97 Å². The fourth-order valence-corrected chi connectivity index (χ4v) is 5.90. The Morgan fingerprint density at radius 3 is 2.41 bits per heavy atom. The zero-order valence-corrected chi connectivity index (χ0v) is 19.8. The number of aromatic nitrogens is 4. The number of thioether (sulfide) groups is 1. The Balaban J connectivity index is 1.53. The topological polar surface area (TPSA) is 84.3 Å². The molecule has 4 heterocycles. The first-order valence-electron chi connectivity index (χ1n) is 10.9. The molecule has 0 bridgehead atoms. The Hall–Kier alpha value is -2.14. The third kappa shape index (κ3) is 4.78. The van der Waals surface area contributed by atoms with Crippen LogP contribution in [0, 0.1) is 0 Å². The van der Waals surface area contributed by atoms with Gasteiger partial charge in [0, 0.05) is 31.9 Å². The van der Waals surface area contributed by atoms with Crippen molar-refractivity contribution in [2.24, 2.45) is 0 Å². The second-order valence-electron chi connectivity index (χ2n) is 8.12. The summed E-state index contributed by atoms with van der Waals surface area (Å²) in [5.74, 6) is 3.72. The predicted molar refractivity (Wildman–Crippen MR) is 131 cm³/mol. The van der Waals surface area contributed by atoms with E-state index in [0.29, 0.717) is 11.5 Å². The van der Waals surface area contributed by atoms with Gasteiger partial charge in [-0.1, -0.05) is 53.3 Å². The van der Waals surface area contributed by atoms with Gasteiger partial charge in [-0.05, 0) is 12.6 Å². The number of hydrogen-bond acceptors (Lipinski definition) is 9. The zero-order valence-electron chi connectivity index (χ0n) is 18.2. The SMILES string of the molecule is CN1CCN(c2nc(N3CC[S+]([O-])CC3)c3ncnc(SCc4ccccc4)c3n2)CC1. The molecule has 0 radical (unpaired) electrons. The quantitative estimate of drug-likeness (QED) is 0.317. The predicted octanol–water partition coefficient (Wildman–Crippen LogP) is 2.03. The minimum Gasteiger partial charge on any atom is -0.616 e. The smallest absolute Gasteiger partial charge is 0.228 e. The van der Waals surface area contributed by atoms with Crippen LogP contribution in [0.4, 0.5) is 11.8 Å². The Morgan fingerprint density at radius 2 is 1.66 bits per heavy atom. The Morgan fingerprint density at radius 1 is 0.906 bits per heavy atom. The molecule has 0 unspecified atom stereocenters. The van der Waals surface area contributed by atoms with Crippen molar-refractivity contribution in [3.8, 4) is 0 Å². The first-order chi connectivity index (χ1) is 15.7. The first-order valence-corrected chi connectivity index (χ1v) is 13.4. The second kappa shape index (κ2) is 9.78. The number of hydrogen-bond donors (Lipinski definition) is 0. The van der Waals surface area contributed by atoms with Gasteiger partial charge in [0.15, 0.2) is 5.82 Å². The summed E-state index contributed by atoms with van der Waals surface area (Å²) < 4.78 is 11.9. The van der Waals surface area contributed by atoms with E-state index < -0.39 is 11.2 Å². The van der Waals surface area contributed by atoms with Gasteiger partial charge in [0.2, 0.25) is 5.95 Å². The van der Waals surface area contributed by atoms with E-state index in [9.17, 15) is 4.55 Å². The minimum atomic E-state index is -0.749. The van der Waals surface area contributed by atoms with Gasteiger partial charge in [0.05, 0.1) is 13.1 Å². The molecule has 0 aliphatic carbocycles. The summed E-state index contributed by atoms with van der Waals surface area (Å²) in [5.41, 5.74) is 2.83. The van der Waals surface area contributed by atoms with Crippen LogP contribution in [0.25, 0.3) is 11.0 Å². The maximum Gasteiger partial charge on any atom is 0.228 e. The second-order valence-corrected chi connectivity index (χ2v) is 10.8. The van der Waals surface area contributed by atoms with Crippen LogP contribution >= 0.6 is 11.8 Å². The van der Waals surface area contributed by atoms with Gasteiger partial charge in [-0.3, -0.25) is 0 Å². The normalized spacial score (nSPS) is 18.4. The molecule has 2 fully saturated rings. The number of piperazine rings is 1.